The maximum atomic E-state index is 12.5. The molecule has 8 heteroatoms. The molecule has 1 atom stereocenters. The number of hydrogen-bond donors (Lipinski definition) is 1. The quantitative estimate of drug-likeness (QED) is 0.781. The molecule has 0 radical (unpaired) electrons. The molecule has 2 rings (SSSR count). The molecule has 1 N–H and O–H groups in total. The number of nitrogens with one attached hydrogen (secondary N) is 1. The summed E-state index contributed by atoms with van der Waals surface area (Å²) in [6.45, 7) is 1.52. The van der Waals surface area contributed by atoms with E-state index < -0.39 is 22.0 Å². The van der Waals surface area contributed by atoms with Gasteiger partial charge in [0.1, 0.15) is 6.04 Å². The van der Waals surface area contributed by atoms with Crippen molar-refractivity contribution in [2.24, 2.45) is 0 Å². The number of hydrogen-bond acceptors (Lipinski definition) is 3. The summed E-state index contributed by atoms with van der Waals surface area (Å²) in [5.41, 5.74) is 0.915. The second-order valence-corrected chi connectivity index (χ2v) is 8.42. The fourth-order valence-corrected chi connectivity index (χ4v) is 3.82. The van der Waals surface area contributed by atoms with E-state index in [-0.39, 0.29) is 0 Å². The molecule has 24 heavy (non-hydrogen) atoms. The molecule has 0 aliphatic heterocycles. The van der Waals surface area contributed by atoms with Crippen LogP contribution in [-0.4, -0.2) is 26.6 Å². The molecule has 2 aromatic carbocycles. The third-order valence-electron chi connectivity index (χ3n) is 3.26. The Kier molecular flexibility index (Phi) is 5.90. The lowest BCUT2D eigenvalue weighted by Crippen LogP contribution is -2.45. The van der Waals surface area contributed by atoms with Crippen molar-refractivity contribution in [3.63, 3.8) is 0 Å². The van der Waals surface area contributed by atoms with Crippen LogP contribution in [-0.2, 0) is 14.8 Å². The van der Waals surface area contributed by atoms with E-state index in [0.717, 1.165) is 15.0 Å². The highest BCUT2D eigenvalue weighted by Gasteiger charge is 2.29. The molecule has 0 fully saturated rings. The van der Waals surface area contributed by atoms with E-state index in [1.807, 2.05) is 0 Å². The van der Waals surface area contributed by atoms with Crippen LogP contribution in [0.3, 0.4) is 0 Å². The van der Waals surface area contributed by atoms with Crippen LogP contribution < -0.4 is 9.62 Å². The van der Waals surface area contributed by atoms with Crippen LogP contribution in [0.4, 0.5) is 11.4 Å². The highest BCUT2D eigenvalue weighted by atomic mass is 79.9. The van der Waals surface area contributed by atoms with Crippen LogP contribution in [0.15, 0.2) is 53.0 Å². The van der Waals surface area contributed by atoms with E-state index in [0.29, 0.717) is 16.4 Å². The van der Waals surface area contributed by atoms with Gasteiger partial charge in [-0.1, -0.05) is 33.6 Å². The maximum Gasteiger partial charge on any atom is 0.247 e. The Balaban J connectivity index is 2.29. The zero-order chi connectivity index (χ0) is 17.9. The van der Waals surface area contributed by atoms with E-state index in [9.17, 15) is 13.2 Å². The van der Waals surface area contributed by atoms with E-state index in [4.69, 9.17) is 11.6 Å². The Morgan fingerprint density at radius 1 is 1.21 bits per heavy atom. The van der Waals surface area contributed by atoms with Crippen LogP contribution in [0.2, 0.25) is 5.02 Å². The Hall–Kier alpha value is -1.57. The van der Waals surface area contributed by atoms with Crippen molar-refractivity contribution in [1.29, 1.82) is 0 Å². The number of benzene rings is 2. The molecule has 0 aromatic heterocycles. The second-order valence-electron chi connectivity index (χ2n) is 5.21. The van der Waals surface area contributed by atoms with Crippen molar-refractivity contribution < 1.29 is 13.2 Å². The van der Waals surface area contributed by atoms with Gasteiger partial charge in [-0.05, 0) is 49.4 Å². The number of nitrogens with zero attached hydrogens (tertiary/aromatic N) is 1. The van der Waals surface area contributed by atoms with E-state index in [2.05, 4.69) is 21.2 Å². The summed E-state index contributed by atoms with van der Waals surface area (Å²) in [5, 5.41) is 3.10. The molecular formula is C16H16BrClN2O3S. The largest absolute Gasteiger partial charge is 0.324 e. The second kappa shape index (κ2) is 7.55. The van der Waals surface area contributed by atoms with Crippen molar-refractivity contribution in [2.45, 2.75) is 13.0 Å². The Morgan fingerprint density at radius 2 is 1.83 bits per heavy atom. The highest BCUT2D eigenvalue weighted by molar-refractivity contribution is 9.10. The van der Waals surface area contributed by atoms with Gasteiger partial charge in [-0.2, -0.15) is 0 Å². The molecule has 0 unspecified atom stereocenters. The summed E-state index contributed by atoms with van der Waals surface area (Å²) in [6, 6.07) is 12.4. The zero-order valence-corrected chi connectivity index (χ0v) is 16.2. The van der Waals surface area contributed by atoms with Gasteiger partial charge in [0.25, 0.3) is 0 Å². The lowest BCUT2D eigenvalue weighted by atomic mass is 10.2. The minimum atomic E-state index is -3.67. The molecule has 128 valence electrons. The van der Waals surface area contributed by atoms with Crippen molar-refractivity contribution in [3.8, 4) is 0 Å². The third kappa shape index (κ3) is 4.72. The van der Waals surface area contributed by atoms with Gasteiger partial charge < -0.3 is 5.32 Å². The molecule has 0 aliphatic carbocycles. The maximum absolute atomic E-state index is 12.5. The van der Waals surface area contributed by atoms with Gasteiger partial charge in [-0.15, -0.1) is 0 Å². The number of sulfonamides is 1. The SMILES string of the molecule is C[C@H](C(=O)Nc1ccc(Br)cc1)N(c1cccc(Cl)c1)S(C)(=O)=O. The van der Waals surface area contributed by atoms with Crippen molar-refractivity contribution in [2.75, 3.05) is 15.9 Å². The van der Waals surface area contributed by atoms with Gasteiger partial charge in [-0.25, -0.2) is 8.42 Å². The molecule has 0 saturated heterocycles. The van der Waals surface area contributed by atoms with Crippen molar-refractivity contribution in [1.82, 2.24) is 0 Å². The minimum Gasteiger partial charge on any atom is -0.324 e. The first kappa shape index (κ1) is 18.8. The summed E-state index contributed by atoms with van der Waals surface area (Å²) in [6.07, 6.45) is 1.05. The normalized spacial score (nSPS) is 12.5. The van der Waals surface area contributed by atoms with Crippen LogP contribution in [0.1, 0.15) is 6.92 Å². The van der Waals surface area contributed by atoms with Crippen LogP contribution in [0.5, 0.6) is 0 Å². The molecular weight excluding hydrogens is 416 g/mol. The predicted molar refractivity (Wildman–Crippen MR) is 101 cm³/mol. The monoisotopic (exact) mass is 430 g/mol. The molecule has 0 bridgehead atoms. The Morgan fingerprint density at radius 3 is 2.38 bits per heavy atom. The number of amides is 1. The lowest BCUT2D eigenvalue weighted by molar-refractivity contribution is -0.116. The molecule has 2 aromatic rings. The number of anilines is 2. The molecule has 0 saturated carbocycles. The van der Waals surface area contributed by atoms with Gasteiger partial charge in [0, 0.05) is 15.2 Å². The van der Waals surface area contributed by atoms with Gasteiger partial charge in [0.05, 0.1) is 11.9 Å². The summed E-state index contributed by atoms with van der Waals surface area (Å²) < 4.78 is 26.3. The summed E-state index contributed by atoms with van der Waals surface area (Å²) in [4.78, 5) is 12.5. The number of carbonyl (C=O) groups excluding carboxylic acids is 1. The van der Waals surface area contributed by atoms with E-state index >= 15 is 0 Å². The minimum absolute atomic E-state index is 0.337. The van der Waals surface area contributed by atoms with Crippen LogP contribution in [0, 0.1) is 0 Å². The number of halogens is 2. The molecule has 0 spiro atoms. The van der Waals surface area contributed by atoms with Gasteiger partial charge >= 0.3 is 0 Å². The Bertz CT molecular complexity index is 841. The van der Waals surface area contributed by atoms with Crippen molar-refractivity contribution in [3.05, 3.63) is 58.0 Å². The summed E-state index contributed by atoms with van der Waals surface area (Å²) in [7, 11) is -3.67. The fourth-order valence-electron chi connectivity index (χ4n) is 2.20. The summed E-state index contributed by atoms with van der Waals surface area (Å²) in [5.74, 6) is -0.442. The first-order valence-corrected chi connectivity index (χ1v) is 10.0. The first-order chi connectivity index (χ1) is 11.2. The highest BCUT2D eigenvalue weighted by Crippen LogP contribution is 2.25. The Labute approximate surface area is 154 Å². The van der Waals surface area contributed by atoms with Crippen LogP contribution >= 0.6 is 27.5 Å². The van der Waals surface area contributed by atoms with E-state index in [1.54, 1.807) is 42.5 Å². The predicted octanol–water partition coefficient (Wildman–Crippen LogP) is 3.90. The number of carbonyl (C=O) groups is 1. The fraction of sp³-hybridized carbons (Fsp3) is 0.188. The van der Waals surface area contributed by atoms with Gasteiger partial charge in [0.2, 0.25) is 15.9 Å². The standard InChI is InChI=1S/C16H16BrClN2O3S/c1-11(16(21)19-14-8-6-12(17)7-9-14)20(24(2,22)23)15-5-3-4-13(18)10-15/h3-11H,1-2H3,(H,19,21)/t11-/m1/s1. The smallest absolute Gasteiger partial charge is 0.247 e. The molecule has 0 heterocycles. The molecule has 5 nitrogen and oxygen atoms in total. The first-order valence-electron chi connectivity index (χ1n) is 7.00. The topological polar surface area (TPSA) is 66.5 Å². The average Bonchev–Trinajstić information content (AvgIpc) is 2.48. The third-order valence-corrected chi connectivity index (χ3v) is 5.27. The van der Waals surface area contributed by atoms with Crippen LogP contribution in [0.25, 0.3) is 0 Å². The van der Waals surface area contributed by atoms with Gasteiger partial charge in [-0.3, -0.25) is 9.10 Å². The molecule has 0 aliphatic rings. The average molecular weight is 432 g/mol. The van der Waals surface area contributed by atoms with Gasteiger partial charge in [0.15, 0.2) is 0 Å². The zero-order valence-electron chi connectivity index (χ0n) is 13.0. The van der Waals surface area contributed by atoms with E-state index in [1.165, 1.54) is 13.0 Å². The number of rotatable bonds is 5. The van der Waals surface area contributed by atoms with Crippen molar-refractivity contribution >= 4 is 54.8 Å². The lowest BCUT2D eigenvalue weighted by Gasteiger charge is -2.28. The molecule has 1 amide bonds. The summed E-state index contributed by atoms with van der Waals surface area (Å²) >= 11 is 9.26.